The number of hydrogen-bond donors (Lipinski definition) is 2. The molecule has 2 N–H and O–H groups in total. The van der Waals surface area contributed by atoms with E-state index in [2.05, 4.69) is 41.8 Å². The van der Waals surface area contributed by atoms with Crippen molar-refractivity contribution < 1.29 is 18.7 Å². The maximum absolute atomic E-state index is 12.7. The standard InChI is InChI=1S/C28H26N2O4S/c1-19-7-6-8-20(15-19)17-35-18-23-12-14-26(34-23)28(32)29-22-11-13-25(33-2)24(16-22)30-27(31)21-9-4-3-5-10-21/h3-16H,17-18H2,1-2H3,(H,29,32)(H,30,31). The maximum atomic E-state index is 12.7. The fraction of sp³-hybridized carbons (Fsp3) is 0.143. The summed E-state index contributed by atoms with van der Waals surface area (Å²) in [6, 6.07) is 25.8. The molecule has 2 amide bonds. The molecular formula is C28H26N2O4S. The predicted molar refractivity (Wildman–Crippen MR) is 140 cm³/mol. The third-order valence-corrected chi connectivity index (χ3v) is 6.25. The van der Waals surface area contributed by atoms with E-state index < -0.39 is 0 Å². The molecule has 0 aliphatic carbocycles. The quantitative estimate of drug-likeness (QED) is 0.281. The Labute approximate surface area is 208 Å². The number of hydrogen-bond acceptors (Lipinski definition) is 5. The number of nitrogens with one attached hydrogen (secondary N) is 2. The molecule has 0 radical (unpaired) electrons. The van der Waals surface area contributed by atoms with Gasteiger partial charge in [-0.25, -0.2) is 0 Å². The van der Waals surface area contributed by atoms with Crippen LogP contribution in [0.15, 0.2) is 89.3 Å². The summed E-state index contributed by atoms with van der Waals surface area (Å²) >= 11 is 1.73. The Balaban J connectivity index is 1.37. The second-order valence-corrected chi connectivity index (χ2v) is 8.92. The lowest BCUT2D eigenvalue weighted by atomic mass is 10.2. The zero-order valence-corrected chi connectivity index (χ0v) is 20.4. The van der Waals surface area contributed by atoms with E-state index >= 15 is 0 Å². The summed E-state index contributed by atoms with van der Waals surface area (Å²) in [7, 11) is 1.52. The third-order valence-electron chi connectivity index (χ3n) is 5.22. The molecule has 0 saturated heterocycles. The van der Waals surface area contributed by atoms with Crippen molar-refractivity contribution in [2.24, 2.45) is 0 Å². The fourth-order valence-corrected chi connectivity index (χ4v) is 4.38. The van der Waals surface area contributed by atoms with Crippen molar-refractivity contribution >= 4 is 35.0 Å². The number of carbonyl (C=O) groups excluding carboxylic acids is 2. The summed E-state index contributed by atoms with van der Waals surface area (Å²) in [5.41, 5.74) is 3.97. The smallest absolute Gasteiger partial charge is 0.291 e. The monoisotopic (exact) mass is 486 g/mol. The van der Waals surface area contributed by atoms with Gasteiger partial charge in [0.2, 0.25) is 0 Å². The summed E-state index contributed by atoms with van der Waals surface area (Å²) < 4.78 is 11.1. The van der Waals surface area contributed by atoms with Crippen LogP contribution in [0.5, 0.6) is 5.75 Å². The summed E-state index contributed by atoms with van der Waals surface area (Å²) in [6.45, 7) is 2.08. The second-order valence-electron chi connectivity index (χ2n) is 7.94. The van der Waals surface area contributed by atoms with E-state index in [1.54, 1.807) is 60.3 Å². The highest BCUT2D eigenvalue weighted by Crippen LogP contribution is 2.29. The highest BCUT2D eigenvalue weighted by atomic mass is 32.2. The van der Waals surface area contributed by atoms with Gasteiger partial charge in [-0.3, -0.25) is 9.59 Å². The number of aryl methyl sites for hydroxylation is 1. The molecule has 0 unspecified atom stereocenters. The number of amides is 2. The Morgan fingerprint density at radius 3 is 2.46 bits per heavy atom. The number of methoxy groups -OCH3 is 1. The number of benzene rings is 3. The van der Waals surface area contributed by atoms with Crippen molar-refractivity contribution in [1.29, 1.82) is 0 Å². The lowest BCUT2D eigenvalue weighted by Crippen LogP contribution is -2.14. The molecule has 4 aromatic rings. The SMILES string of the molecule is COc1ccc(NC(=O)c2ccc(CSCc3cccc(C)c3)o2)cc1NC(=O)c1ccccc1. The van der Waals surface area contributed by atoms with Gasteiger partial charge in [0.25, 0.3) is 11.8 Å². The van der Waals surface area contributed by atoms with Crippen molar-refractivity contribution in [1.82, 2.24) is 0 Å². The summed E-state index contributed by atoms with van der Waals surface area (Å²) in [4.78, 5) is 25.3. The summed E-state index contributed by atoms with van der Waals surface area (Å²) in [6.07, 6.45) is 0. The van der Waals surface area contributed by atoms with Crippen molar-refractivity contribution in [3.63, 3.8) is 0 Å². The molecule has 3 aromatic carbocycles. The molecule has 4 rings (SSSR count). The molecule has 0 bridgehead atoms. The Bertz CT molecular complexity index is 1320. The van der Waals surface area contributed by atoms with Gasteiger partial charge < -0.3 is 19.8 Å². The Morgan fingerprint density at radius 1 is 0.857 bits per heavy atom. The van der Waals surface area contributed by atoms with Gasteiger partial charge in [-0.15, -0.1) is 11.8 Å². The van der Waals surface area contributed by atoms with Crippen LogP contribution in [-0.4, -0.2) is 18.9 Å². The minimum Gasteiger partial charge on any atom is -0.495 e. The third kappa shape index (κ3) is 6.55. The average molecular weight is 487 g/mol. The van der Waals surface area contributed by atoms with E-state index in [4.69, 9.17) is 9.15 Å². The van der Waals surface area contributed by atoms with Crippen LogP contribution < -0.4 is 15.4 Å². The number of furan rings is 1. The van der Waals surface area contributed by atoms with E-state index in [9.17, 15) is 9.59 Å². The Hall–Kier alpha value is -3.97. The highest BCUT2D eigenvalue weighted by Gasteiger charge is 2.15. The van der Waals surface area contributed by atoms with Gasteiger partial charge in [-0.05, 0) is 55.0 Å². The molecule has 7 heteroatoms. The number of thioether (sulfide) groups is 1. The van der Waals surface area contributed by atoms with E-state index in [0.717, 1.165) is 11.5 Å². The molecule has 0 spiro atoms. The van der Waals surface area contributed by atoms with Crippen LogP contribution >= 0.6 is 11.8 Å². The molecule has 6 nitrogen and oxygen atoms in total. The molecule has 35 heavy (non-hydrogen) atoms. The molecule has 0 aliphatic heterocycles. The lowest BCUT2D eigenvalue weighted by Gasteiger charge is -2.12. The largest absolute Gasteiger partial charge is 0.495 e. The molecule has 0 atom stereocenters. The van der Waals surface area contributed by atoms with Gasteiger partial charge in [0.1, 0.15) is 11.5 Å². The topological polar surface area (TPSA) is 80.6 Å². The second kappa shape index (κ2) is 11.4. The Kier molecular flexibility index (Phi) is 7.90. The number of carbonyl (C=O) groups is 2. The summed E-state index contributed by atoms with van der Waals surface area (Å²) in [5, 5.41) is 5.65. The van der Waals surface area contributed by atoms with Crippen molar-refractivity contribution in [3.05, 3.63) is 113 Å². The van der Waals surface area contributed by atoms with Crippen LogP contribution in [0.1, 0.15) is 37.8 Å². The molecule has 178 valence electrons. The van der Waals surface area contributed by atoms with Crippen molar-refractivity contribution in [2.45, 2.75) is 18.4 Å². The van der Waals surface area contributed by atoms with E-state index in [-0.39, 0.29) is 17.6 Å². The van der Waals surface area contributed by atoms with E-state index in [0.29, 0.717) is 28.4 Å². The average Bonchev–Trinajstić information content (AvgIpc) is 3.34. The van der Waals surface area contributed by atoms with Crippen molar-refractivity contribution in [2.75, 3.05) is 17.7 Å². The number of anilines is 2. The molecular weight excluding hydrogens is 460 g/mol. The molecule has 0 saturated carbocycles. The minimum absolute atomic E-state index is 0.224. The first-order valence-electron chi connectivity index (χ1n) is 11.1. The minimum atomic E-state index is -0.370. The van der Waals surface area contributed by atoms with Gasteiger partial charge in [0.15, 0.2) is 5.76 Å². The van der Waals surface area contributed by atoms with Crippen LogP contribution in [0, 0.1) is 6.92 Å². The first kappa shape index (κ1) is 24.2. The van der Waals surface area contributed by atoms with Crippen LogP contribution in [-0.2, 0) is 11.5 Å². The van der Waals surface area contributed by atoms with Crippen molar-refractivity contribution in [3.8, 4) is 5.75 Å². The first-order chi connectivity index (χ1) is 17.0. The van der Waals surface area contributed by atoms with Gasteiger partial charge in [0, 0.05) is 17.0 Å². The molecule has 0 fully saturated rings. The maximum Gasteiger partial charge on any atom is 0.291 e. The number of ether oxygens (including phenoxy) is 1. The normalized spacial score (nSPS) is 10.6. The predicted octanol–water partition coefficient (Wildman–Crippen LogP) is 6.53. The highest BCUT2D eigenvalue weighted by molar-refractivity contribution is 7.97. The van der Waals surface area contributed by atoms with Crippen LogP contribution in [0.25, 0.3) is 0 Å². The van der Waals surface area contributed by atoms with Gasteiger partial charge >= 0.3 is 0 Å². The molecule has 1 heterocycles. The molecule has 0 aliphatic rings. The van der Waals surface area contributed by atoms with Gasteiger partial charge in [-0.1, -0.05) is 48.0 Å². The van der Waals surface area contributed by atoms with Crippen LogP contribution in [0.4, 0.5) is 11.4 Å². The number of rotatable bonds is 9. The Morgan fingerprint density at radius 2 is 1.69 bits per heavy atom. The fourth-order valence-electron chi connectivity index (χ4n) is 3.51. The molecule has 1 aromatic heterocycles. The van der Waals surface area contributed by atoms with Crippen LogP contribution in [0.3, 0.4) is 0 Å². The van der Waals surface area contributed by atoms with E-state index in [1.165, 1.54) is 18.2 Å². The zero-order chi connectivity index (χ0) is 24.6. The lowest BCUT2D eigenvalue weighted by molar-refractivity contribution is 0.0993. The van der Waals surface area contributed by atoms with Gasteiger partial charge in [-0.2, -0.15) is 0 Å². The zero-order valence-electron chi connectivity index (χ0n) is 19.5. The van der Waals surface area contributed by atoms with E-state index in [1.807, 2.05) is 12.1 Å². The van der Waals surface area contributed by atoms with Crippen LogP contribution in [0.2, 0.25) is 0 Å². The van der Waals surface area contributed by atoms with Gasteiger partial charge in [0.05, 0.1) is 18.6 Å². The first-order valence-corrected chi connectivity index (χ1v) is 12.2. The summed E-state index contributed by atoms with van der Waals surface area (Å²) in [5.74, 6) is 2.34.